The molecule has 7 heteroatoms. The molecule has 21 heavy (non-hydrogen) atoms. The zero-order valence-corrected chi connectivity index (χ0v) is 11.4. The van der Waals surface area contributed by atoms with E-state index in [1.165, 1.54) is 36.4 Å². The van der Waals surface area contributed by atoms with Gasteiger partial charge in [0.15, 0.2) is 0 Å². The summed E-state index contributed by atoms with van der Waals surface area (Å²) in [4.78, 5) is 0. The van der Waals surface area contributed by atoms with Crippen LogP contribution < -0.4 is 10.6 Å². The molecule has 0 fully saturated rings. The van der Waals surface area contributed by atoms with Crippen molar-refractivity contribution in [3.63, 3.8) is 0 Å². The molecule has 0 aliphatic carbocycles. The number of halogens is 6. The SMILES string of the molecule is FC(F)(F)c1ccccc1Pc1ccccc1C(F)(F)F. The zero-order chi connectivity index (χ0) is 15.7. The van der Waals surface area contributed by atoms with Gasteiger partial charge in [-0.25, -0.2) is 0 Å². The fraction of sp³-hybridized carbons (Fsp3) is 0.143. The molecule has 0 saturated heterocycles. The minimum Gasteiger partial charge on any atom is -0.166 e. The molecule has 0 atom stereocenters. The molecule has 2 aromatic rings. The van der Waals surface area contributed by atoms with Crippen molar-refractivity contribution >= 4 is 19.2 Å². The molecule has 0 aliphatic rings. The summed E-state index contributed by atoms with van der Waals surface area (Å²) < 4.78 is 77.2. The predicted molar refractivity (Wildman–Crippen MR) is 70.5 cm³/mol. The van der Waals surface area contributed by atoms with Crippen LogP contribution in [-0.4, -0.2) is 0 Å². The summed E-state index contributed by atoms with van der Waals surface area (Å²) in [5.41, 5.74) is -1.80. The molecule has 112 valence electrons. The third-order valence-corrected chi connectivity index (χ3v) is 4.14. The number of benzene rings is 2. The highest BCUT2D eigenvalue weighted by Gasteiger charge is 2.35. The van der Waals surface area contributed by atoms with Crippen molar-refractivity contribution in [2.45, 2.75) is 12.4 Å². The Bertz CT molecular complexity index is 574. The van der Waals surface area contributed by atoms with Crippen LogP contribution in [-0.2, 0) is 12.4 Å². The maximum Gasteiger partial charge on any atom is 0.417 e. The van der Waals surface area contributed by atoms with E-state index < -0.39 is 32.1 Å². The topological polar surface area (TPSA) is 0 Å². The van der Waals surface area contributed by atoms with Crippen molar-refractivity contribution in [3.05, 3.63) is 59.7 Å². The molecule has 0 aromatic heterocycles. The Morgan fingerprint density at radius 1 is 0.571 bits per heavy atom. The van der Waals surface area contributed by atoms with E-state index in [0.717, 1.165) is 12.1 Å². The van der Waals surface area contributed by atoms with Crippen LogP contribution in [0.5, 0.6) is 0 Å². The van der Waals surface area contributed by atoms with Crippen molar-refractivity contribution in [1.29, 1.82) is 0 Å². The Hall–Kier alpha value is -1.55. The van der Waals surface area contributed by atoms with Crippen LogP contribution in [0.1, 0.15) is 11.1 Å². The van der Waals surface area contributed by atoms with Crippen LogP contribution in [0.2, 0.25) is 0 Å². The summed E-state index contributed by atoms with van der Waals surface area (Å²) in [6, 6.07) is 9.35. The van der Waals surface area contributed by atoms with Gasteiger partial charge in [-0.3, -0.25) is 0 Å². The molecule has 0 bridgehead atoms. The third-order valence-electron chi connectivity index (χ3n) is 2.73. The van der Waals surface area contributed by atoms with Crippen molar-refractivity contribution in [1.82, 2.24) is 0 Å². The number of alkyl halides is 6. The first-order chi connectivity index (χ1) is 9.69. The summed E-state index contributed by atoms with van der Waals surface area (Å²) in [5, 5.41) is -0.302. The lowest BCUT2D eigenvalue weighted by Gasteiger charge is -2.16. The minimum atomic E-state index is -4.59. The average molecular weight is 322 g/mol. The van der Waals surface area contributed by atoms with Gasteiger partial charge in [-0.05, 0) is 22.7 Å². The van der Waals surface area contributed by atoms with Gasteiger partial charge in [0.05, 0.1) is 11.1 Å². The van der Waals surface area contributed by atoms with E-state index in [2.05, 4.69) is 0 Å². The Morgan fingerprint density at radius 2 is 0.905 bits per heavy atom. The van der Waals surface area contributed by atoms with E-state index in [-0.39, 0.29) is 10.6 Å². The summed E-state index contributed by atoms with van der Waals surface area (Å²) in [6.45, 7) is 0. The lowest BCUT2D eigenvalue weighted by molar-refractivity contribution is -0.137. The molecule has 0 N–H and O–H groups in total. The van der Waals surface area contributed by atoms with Crippen molar-refractivity contribution in [2.24, 2.45) is 0 Å². The zero-order valence-electron chi connectivity index (χ0n) is 10.4. The van der Waals surface area contributed by atoms with E-state index in [9.17, 15) is 26.3 Å². The van der Waals surface area contributed by atoms with Crippen LogP contribution in [0.3, 0.4) is 0 Å². The van der Waals surface area contributed by atoms with Gasteiger partial charge in [0.1, 0.15) is 0 Å². The van der Waals surface area contributed by atoms with E-state index in [1.54, 1.807) is 0 Å². The van der Waals surface area contributed by atoms with Gasteiger partial charge in [0.2, 0.25) is 0 Å². The highest BCUT2D eigenvalue weighted by molar-refractivity contribution is 7.55. The van der Waals surface area contributed by atoms with E-state index in [0.29, 0.717) is 0 Å². The van der Waals surface area contributed by atoms with E-state index in [1.807, 2.05) is 0 Å². The van der Waals surface area contributed by atoms with Gasteiger partial charge in [-0.1, -0.05) is 45.0 Å². The first-order valence-electron chi connectivity index (χ1n) is 5.79. The number of hydrogen-bond donors (Lipinski definition) is 0. The third kappa shape index (κ3) is 3.76. The average Bonchev–Trinajstić information content (AvgIpc) is 2.37. The lowest BCUT2D eigenvalue weighted by atomic mass is 10.2. The minimum absolute atomic E-state index is 0.151. The van der Waals surface area contributed by atoms with Gasteiger partial charge >= 0.3 is 12.4 Å². The quantitative estimate of drug-likeness (QED) is 0.569. The molecule has 0 unspecified atom stereocenters. The molecule has 2 rings (SSSR count). The molecule has 0 spiro atoms. The fourth-order valence-corrected chi connectivity index (χ4v) is 3.19. The Kier molecular flexibility index (Phi) is 4.28. The maximum absolute atomic E-state index is 12.9. The van der Waals surface area contributed by atoms with E-state index in [4.69, 9.17) is 0 Å². The molecular weight excluding hydrogens is 313 g/mol. The van der Waals surface area contributed by atoms with Gasteiger partial charge in [0.25, 0.3) is 0 Å². The van der Waals surface area contributed by atoms with E-state index >= 15 is 0 Å². The summed E-state index contributed by atoms with van der Waals surface area (Å²) in [6.07, 6.45) is -9.17. The first-order valence-corrected chi connectivity index (χ1v) is 6.79. The van der Waals surface area contributed by atoms with Crippen LogP contribution in [0.4, 0.5) is 26.3 Å². The molecular formula is C14H9F6P. The maximum atomic E-state index is 12.9. The number of rotatable bonds is 2. The van der Waals surface area contributed by atoms with Crippen LogP contribution in [0.25, 0.3) is 0 Å². The first kappa shape index (κ1) is 15.8. The van der Waals surface area contributed by atoms with Crippen LogP contribution in [0, 0.1) is 0 Å². The summed E-state index contributed by atoms with van der Waals surface area (Å²) in [5.74, 6) is 0. The Balaban J connectivity index is 2.45. The van der Waals surface area contributed by atoms with Gasteiger partial charge in [0, 0.05) is 0 Å². The van der Waals surface area contributed by atoms with Crippen molar-refractivity contribution < 1.29 is 26.3 Å². The van der Waals surface area contributed by atoms with Crippen molar-refractivity contribution in [3.8, 4) is 0 Å². The highest BCUT2D eigenvalue weighted by atomic mass is 31.1. The van der Waals surface area contributed by atoms with Crippen LogP contribution >= 0.6 is 8.58 Å². The lowest BCUT2D eigenvalue weighted by Crippen LogP contribution is -2.21. The molecule has 2 aromatic carbocycles. The largest absolute Gasteiger partial charge is 0.417 e. The van der Waals surface area contributed by atoms with Crippen LogP contribution in [0.15, 0.2) is 48.5 Å². The molecule has 0 amide bonds. The molecule has 0 aliphatic heterocycles. The predicted octanol–water partition coefficient (Wildman–Crippen LogP) is 4.35. The molecule has 0 heterocycles. The second kappa shape index (κ2) is 5.68. The highest BCUT2D eigenvalue weighted by Crippen LogP contribution is 2.34. The fourth-order valence-electron chi connectivity index (χ4n) is 1.82. The molecule has 0 nitrogen and oxygen atoms in total. The second-order valence-corrected chi connectivity index (χ2v) is 5.54. The Morgan fingerprint density at radius 3 is 1.24 bits per heavy atom. The summed E-state index contributed by atoms with van der Waals surface area (Å²) >= 11 is 0. The Labute approximate surface area is 118 Å². The molecule has 0 radical (unpaired) electrons. The van der Waals surface area contributed by atoms with Gasteiger partial charge in [-0.15, -0.1) is 0 Å². The smallest absolute Gasteiger partial charge is 0.166 e. The van der Waals surface area contributed by atoms with Crippen molar-refractivity contribution in [2.75, 3.05) is 0 Å². The summed E-state index contributed by atoms with van der Waals surface area (Å²) in [7, 11) is -0.719. The number of hydrogen-bond acceptors (Lipinski definition) is 0. The van der Waals surface area contributed by atoms with Gasteiger partial charge in [-0.2, -0.15) is 26.3 Å². The molecule has 0 saturated carbocycles. The standard InChI is InChI=1S/C14H9F6P/c15-13(16,17)9-5-1-3-7-11(9)21-12-8-4-2-6-10(12)14(18,19)20/h1-8,21H. The van der Waals surface area contributed by atoms with Gasteiger partial charge < -0.3 is 0 Å². The monoisotopic (exact) mass is 322 g/mol. The normalized spacial score (nSPS) is 12.5. The second-order valence-electron chi connectivity index (χ2n) is 4.21.